The quantitative estimate of drug-likeness (QED) is 0.431. The van der Waals surface area contributed by atoms with E-state index in [1.165, 1.54) is 17.4 Å². The Bertz CT molecular complexity index is 1050. The summed E-state index contributed by atoms with van der Waals surface area (Å²) in [6, 6.07) is 17.3. The number of rotatable bonds is 6. The summed E-state index contributed by atoms with van der Waals surface area (Å²) >= 11 is 1.33. The number of ether oxygens (including phenoxy) is 1. The van der Waals surface area contributed by atoms with Gasteiger partial charge in [-0.3, -0.25) is 9.59 Å². The van der Waals surface area contributed by atoms with Crippen LogP contribution >= 0.6 is 11.3 Å². The fraction of sp³-hybridized carbons (Fsp3) is 0.208. The molecule has 0 aliphatic carbocycles. The molecule has 0 aliphatic rings. The van der Waals surface area contributed by atoms with Gasteiger partial charge in [-0.2, -0.15) is 0 Å². The van der Waals surface area contributed by atoms with E-state index in [1.807, 2.05) is 17.5 Å². The van der Waals surface area contributed by atoms with Crippen LogP contribution in [0.5, 0.6) is 0 Å². The molecule has 0 spiro atoms. The Labute approximate surface area is 179 Å². The van der Waals surface area contributed by atoms with Crippen molar-refractivity contribution in [3.05, 3.63) is 87.6 Å². The summed E-state index contributed by atoms with van der Waals surface area (Å²) in [5.41, 5.74) is 2.35. The van der Waals surface area contributed by atoms with Crippen LogP contribution in [-0.4, -0.2) is 24.3 Å². The lowest BCUT2D eigenvalue weighted by Crippen LogP contribution is -2.16. The first-order chi connectivity index (χ1) is 14.2. The molecule has 0 saturated carbocycles. The molecule has 5 nitrogen and oxygen atoms in total. The van der Waals surface area contributed by atoms with Crippen molar-refractivity contribution in [1.29, 1.82) is 0 Å². The second-order valence-electron chi connectivity index (χ2n) is 7.84. The topological polar surface area (TPSA) is 72.5 Å². The van der Waals surface area contributed by atoms with Crippen molar-refractivity contribution in [2.75, 3.05) is 11.9 Å². The lowest BCUT2D eigenvalue weighted by Gasteiger charge is -2.18. The van der Waals surface area contributed by atoms with Crippen molar-refractivity contribution in [2.45, 2.75) is 26.2 Å². The zero-order valence-corrected chi connectivity index (χ0v) is 17.9. The first kappa shape index (κ1) is 21.5. The second-order valence-corrected chi connectivity index (χ2v) is 8.79. The molecule has 1 N–H and O–H groups in total. The van der Waals surface area contributed by atoms with Gasteiger partial charge >= 0.3 is 5.97 Å². The number of nitrogens with one attached hydrogen (secondary N) is 1. The van der Waals surface area contributed by atoms with Gasteiger partial charge in [0.2, 0.25) is 0 Å². The maximum atomic E-state index is 12.4. The van der Waals surface area contributed by atoms with Crippen LogP contribution in [0.15, 0.2) is 66.0 Å². The average Bonchev–Trinajstić information content (AvgIpc) is 3.26. The molecule has 1 amide bonds. The second kappa shape index (κ2) is 9.05. The molecule has 0 saturated heterocycles. The first-order valence-electron chi connectivity index (χ1n) is 9.50. The van der Waals surface area contributed by atoms with E-state index in [0.29, 0.717) is 16.1 Å². The van der Waals surface area contributed by atoms with E-state index in [1.54, 1.807) is 42.5 Å². The number of amides is 1. The first-order valence-corrected chi connectivity index (χ1v) is 10.4. The van der Waals surface area contributed by atoms with Crippen molar-refractivity contribution in [2.24, 2.45) is 0 Å². The highest BCUT2D eigenvalue weighted by atomic mass is 32.1. The van der Waals surface area contributed by atoms with Crippen LogP contribution < -0.4 is 5.32 Å². The van der Waals surface area contributed by atoms with E-state index in [9.17, 15) is 14.4 Å². The van der Waals surface area contributed by atoms with E-state index in [0.717, 1.165) is 5.56 Å². The van der Waals surface area contributed by atoms with Gasteiger partial charge in [0.25, 0.3) is 5.91 Å². The Morgan fingerprint density at radius 1 is 0.933 bits per heavy atom. The summed E-state index contributed by atoms with van der Waals surface area (Å²) in [6.07, 6.45) is 0. The van der Waals surface area contributed by atoms with Crippen molar-refractivity contribution in [3.63, 3.8) is 0 Å². The molecule has 0 bridgehead atoms. The predicted octanol–water partition coefficient (Wildman–Crippen LogP) is 5.34. The van der Waals surface area contributed by atoms with E-state index < -0.39 is 5.97 Å². The number of ketones is 1. The van der Waals surface area contributed by atoms with Crippen LogP contribution in [0.2, 0.25) is 0 Å². The highest BCUT2D eigenvalue weighted by Crippen LogP contribution is 2.22. The zero-order chi connectivity index (χ0) is 21.7. The molecule has 1 aromatic heterocycles. The Kier molecular flexibility index (Phi) is 6.47. The number of anilines is 1. The Morgan fingerprint density at radius 2 is 1.67 bits per heavy atom. The van der Waals surface area contributed by atoms with Gasteiger partial charge in [0.15, 0.2) is 12.4 Å². The minimum absolute atomic E-state index is 0.00200. The van der Waals surface area contributed by atoms with Crippen LogP contribution in [0.3, 0.4) is 0 Å². The smallest absolute Gasteiger partial charge is 0.338 e. The number of esters is 1. The molecule has 2 aromatic carbocycles. The van der Waals surface area contributed by atoms with Crippen LogP contribution in [0.1, 0.15) is 56.7 Å². The van der Waals surface area contributed by atoms with Crippen molar-refractivity contribution >= 4 is 34.7 Å². The van der Waals surface area contributed by atoms with Crippen molar-refractivity contribution < 1.29 is 19.1 Å². The minimum Gasteiger partial charge on any atom is -0.454 e. The largest absolute Gasteiger partial charge is 0.454 e. The number of carbonyl (C=O) groups is 3. The molecule has 3 rings (SSSR count). The molecule has 0 aliphatic heterocycles. The lowest BCUT2D eigenvalue weighted by molar-refractivity contribution is 0.0474. The van der Waals surface area contributed by atoms with Crippen molar-refractivity contribution in [3.8, 4) is 0 Å². The number of thiophene rings is 1. The minimum atomic E-state index is -0.623. The lowest BCUT2D eigenvalue weighted by atomic mass is 9.86. The van der Waals surface area contributed by atoms with E-state index >= 15 is 0 Å². The highest BCUT2D eigenvalue weighted by molar-refractivity contribution is 7.12. The van der Waals surface area contributed by atoms with E-state index in [-0.39, 0.29) is 29.3 Å². The molecular weight excluding hydrogens is 398 g/mol. The maximum absolute atomic E-state index is 12.4. The number of hydrogen-bond acceptors (Lipinski definition) is 5. The highest BCUT2D eigenvalue weighted by Gasteiger charge is 2.16. The van der Waals surface area contributed by atoms with Crippen LogP contribution in [-0.2, 0) is 10.2 Å². The molecule has 1 heterocycles. The van der Waals surface area contributed by atoms with Gasteiger partial charge in [0.05, 0.1) is 10.4 Å². The molecule has 30 heavy (non-hydrogen) atoms. The van der Waals surface area contributed by atoms with Crippen LogP contribution in [0.25, 0.3) is 0 Å². The molecule has 154 valence electrons. The maximum Gasteiger partial charge on any atom is 0.338 e. The Balaban J connectivity index is 1.59. The summed E-state index contributed by atoms with van der Waals surface area (Å²) in [5.74, 6) is -1.14. The normalized spacial score (nSPS) is 11.0. The van der Waals surface area contributed by atoms with Gasteiger partial charge in [0.1, 0.15) is 0 Å². The Morgan fingerprint density at radius 3 is 2.30 bits per heavy atom. The third-order valence-corrected chi connectivity index (χ3v) is 5.38. The molecule has 0 atom stereocenters. The third kappa shape index (κ3) is 5.42. The molecule has 0 fully saturated rings. The molecule has 6 heteroatoms. The summed E-state index contributed by atoms with van der Waals surface area (Å²) in [6.45, 7) is 5.95. The molecule has 0 unspecified atom stereocenters. The van der Waals surface area contributed by atoms with E-state index in [4.69, 9.17) is 4.74 Å². The Hall–Kier alpha value is -3.25. The van der Waals surface area contributed by atoms with E-state index in [2.05, 4.69) is 26.1 Å². The standard InChI is InChI=1S/C24H23NO4S/c1-24(2,3)18-11-9-16(10-12-18)20(26)15-29-23(28)17-6-4-7-19(14-17)25-22(27)21-8-5-13-30-21/h4-14H,15H2,1-3H3,(H,25,27). The van der Waals surface area contributed by atoms with Crippen LogP contribution in [0.4, 0.5) is 5.69 Å². The zero-order valence-electron chi connectivity index (χ0n) is 17.1. The van der Waals surface area contributed by atoms with Crippen LogP contribution in [0, 0.1) is 0 Å². The van der Waals surface area contributed by atoms with Gasteiger partial charge in [-0.25, -0.2) is 4.79 Å². The average molecular weight is 422 g/mol. The van der Waals surface area contributed by atoms with Crippen molar-refractivity contribution in [1.82, 2.24) is 0 Å². The van der Waals surface area contributed by atoms with Gasteiger partial charge in [-0.15, -0.1) is 11.3 Å². The number of Topliss-reactive ketones (excluding diaryl/α,β-unsaturated/α-hetero) is 1. The van der Waals surface area contributed by atoms with Gasteiger partial charge in [0, 0.05) is 11.3 Å². The molecular formula is C24H23NO4S. The predicted molar refractivity (Wildman–Crippen MR) is 118 cm³/mol. The summed E-state index contributed by atoms with van der Waals surface area (Å²) < 4.78 is 5.17. The third-order valence-electron chi connectivity index (χ3n) is 4.51. The van der Waals surface area contributed by atoms with Gasteiger partial charge in [-0.1, -0.05) is 57.2 Å². The fourth-order valence-electron chi connectivity index (χ4n) is 2.78. The number of benzene rings is 2. The monoisotopic (exact) mass is 421 g/mol. The molecule has 3 aromatic rings. The fourth-order valence-corrected chi connectivity index (χ4v) is 3.40. The number of hydrogen-bond donors (Lipinski definition) is 1. The van der Waals surface area contributed by atoms with Gasteiger partial charge < -0.3 is 10.1 Å². The summed E-state index contributed by atoms with van der Waals surface area (Å²) in [4.78, 5) is 37.4. The molecule has 0 radical (unpaired) electrons. The summed E-state index contributed by atoms with van der Waals surface area (Å²) in [5, 5.41) is 4.56. The number of carbonyl (C=O) groups excluding carboxylic acids is 3. The SMILES string of the molecule is CC(C)(C)c1ccc(C(=O)COC(=O)c2cccc(NC(=O)c3cccs3)c2)cc1. The summed E-state index contributed by atoms with van der Waals surface area (Å²) in [7, 11) is 0. The van der Waals surface area contributed by atoms with Gasteiger partial charge in [-0.05, 0) is 40.6 Å².